The average molecular weight is 612 g/mol. The summed E-state index contributed by atoms with van der Waals surface area (Å²) in [6.07, 6.45) is 0. The number of aryl methyl sites for hydroxylation is 3. The third-order valence-electron chi connectivity index (χ3n) is 11.3. The molecule has 1 aliphatic carbocycles. The Bertz CT molecular complexity index is 1730. The lowest BCUT2D eigenvalue weighted by atomic mass is 9.64. The summed E-state index contributed by atoms with van der Waals surface area (Å²) < 4.78 is 26.4. The van der Waals surface area contributed by atoms with Crippen molar-refractivity contribution in [2.75, 3.05) is 0 Å². The molecule has 0 aromatic heterocycles. The zero-order valence-electron chi connectivity index (χ0n) is 29.3. The Morgan fingerprint density at radius 1 is 0.435 bits per heavy atom. The lowest BCUT2D eigenvalue weighted by Gasteiger charge is -2.35. The van der Waals surface area contributed by atoms with Crippen LogP contribution in [0.25, 0.3) is 11.1 Å². The number of benzene rings is 4. The van der Waals surface area contributed by atoms with E-state index in [0.717, 1.165) is 10.9 Å². The predicted molar refractivity (Wildman–Crippen MR) is 189 cm³/mol. The molecule has 0 radical (unpaired) electrons. The number of hydrogen-bond donors (Lipinski definition) is 0. The van der Waals surface area contributed by atoms with E-state index in [1.807, 2.05) is 0 Å². The summed E-state index contributed by atoms with van der Waals surface area (Å²) in [6, 6.07) is 29.5. The molecule has 2 saturated heterocycles. The maximum absolute atomic E-state index is 6.59. The van der Waals surface area contributed by atoms with Crippen LogP contribution in [0.3, 0.4) is 0 Å². The maximum Gasteiger partial charge on any atom is 0.494 e. The van der Waals surface area contributed by atoms with Crippen molar-refractivity contribution in [1.29, 1.82) is 0 Å². The van der Waals surface area contributed by atoms with Gasteiger partial charge in [0.15, 0.2) is 0 Å². The molecule has 0 N–H and O–H groups in total. The fourth-order valence-corrected chi connectivity index (χ4v) is 7.47. The lowest BCUT2D eigenvalue weighted by Crippen LogP contribution is -2.41. The van der Waals surface area contributed by atoms with Gasteiger partial charge in [0.1, 0.15) is 0 Å². The molecule has 0 unspecified atom stereocenters. The Kier molecular flexibility index (Phi) is 6.96. The number of hydrogen-bond acceptors (Lipinski definition) is 4. The van der Waals surface area contributed by atoms with E-state index in [0.29, 0.717) is 0 Å². The smallest absolute Gasteiger partial charge is 0.399 e. The van der Waals surface area contributed by atoms with Gasteiger partial charge >= 0.3 is 14.2 Å². The van der Waals surface area contributed by atoms with E-state index in [2.05, 4.69) is 155 Å². The standard InChI is InChI=1S/C40H46B2O4/c1-25-13-12-14-28(20-25)40(29-21-26(2)19-27(3)22-29)34-23-30(41-43-36(4,5)37(6,7)44-41)15-17-32(34)33-18-16-31(24-35(33)40)42-45-38(8,9)39(10,11)46-42/h12-24H,1-11H3. The Morgan fingerprint density at radius 2 is 0.848 bits per heavy atom. The minimum absolute atomic E-state index is 0.432. The Morgan fingerprint density at radius 3 is 1.26 bits per heavy atom. The first-order valence-electron chi connectivity index (χ1n) is 16.6. The van der Waals surface area contributed by atoms with Gasteiger partial charge < -0.3 is 18.6 Å². The van der Waals surface area contributed by atoms with E-state index in [4.69, 9.17) is 18.6 Å². The molecule has 6 heteroatoms. The molecular formula is C40H46B2O4. The highest BCUT2D eigenvalue weighted by atomic mass is 16.7. The normalized spacial score (nSPS) is 21.4. The maximum atomic E-state index is 6.59. The average Bonchev–Trinajstić information content (AvgIpc) is 3.46. The highest BCUT2D eigenvalue weighted by molar-refractivity contribution is 6.62. The summed E-state index contributed by atoms with van der Waals surface area (Å²) in [7, 11) is -0.928. The van der Waals surface area contributed by atoms with Crippen LogP contribution in [0.2, 0.25) is 0 Å². The molecule has 0 atom stereocenters. The molecule has 4 aromatic carbocycles. The van der Waals surface area contributed by atoms with E-state index >= 15 is 0 Å². The molecule has 236 valence electrons. The summed E-state index contributed by atoms with van der Waals surface area (Å²) in [5.41, 5.74) is 10.8. The fraction of sp³-hybridized carbons (Fsp3) is 0.400. The van der Waals surface area contributed by atoms with Crippen LogP contribution in [-0.4, -0.2) is 36.6 Å². The quantitative estimate of drug-likeness (QED) is 0.196. The van der Waals surface area contributed by atoms with Gasteiger partial charge in [-0.05, 0) is 120 Å². The van der Waals surface area contributed by atoms with Crippen molar-refractivity contribution in [3.8, 4) is 11.1 Å². The number of rotatable bonds is 4. The van der Waals surface area contributed by atoms with Crippen LogP contribution in [0.15, 0.2) is 78.9 Å². The van der Waals surface area contributed by atoms with Gasteiger partial charge in [0, 0.05) is 0 Å². The molecule has 2 heterocycles. The minimum atomic E-state index is -0.591. The molecule has 4 nitrogen and oxygen atoms in total. The first-order valence-corrected chi connectivity index (χ1v) is 16.6. The second kappa shape index (κ2) is 10.2. The molecule has 2 aliphatic heterocycles. The highest BCUT2D eigenvalue weighted by Gasteiger charge is 2.55. The van der Waals surface area contributed by atoms with Crippen LogP contribution in [0.5, 0.6) is 0 Å². The van der Waals surface area contributed by atoms with Crippen molar-refractivity contribution < 1.29 is 18.6 Å². The topological polar surface area (TPSA) is 36.9 Å². The zero-order valence-corrected chi connectivity index (χ0v) is 29.3. The van der Waals surface area contributed by atoms with Crippen LogP contribution in [0.1, 0.15) is 94.3 Å². The van der Waals surface area contributed by atoms with Gasteiger partial charge in [0.2, 0.25) is 0 Å². The van der Waals surface area contributed by atoms with Gasteiger partial charge in [-0.1, -0.05) is 95.6 Å². The minimum Gasteiger partial charge on any atom is -0.399 e. The van der Waals surface area contributed by atoms with Gasteiger partial charge in [-0.15, -0.1) is 0 Å². The fourth-order valence-electron chi connectivity index (χ4n) is 7.47. The molecule has 0 spiro atoms. The number of fused-ring (bicyclic) bond motifs is 3. The zero-order chi connectivity index (χ0) is 33.0. The third-order valence-corrected chi connectivity index (χ3v) is 11.3. The molecule has 0 saturated carbocycles. The van der Waals surface area contributed by atoms with Gasteiger partial charge in [-0.2, -0.15) is 0 Å². The van der Waals surface area contributed by atoms with Crippen LogP contribution in [-0.2, 0) is 24.0 Å². The van der Waals surface area contributed by atoms with Crippen molar-refractivity contribution >= 4 is 25.2 Å². The third kappa shape index (κ3) is 4.59. The Balaban J connectivity index is 1.52. The van der Waals surface area contributed by atoms with Crippen molar-refractivity contribution in [3.63, 3.8) is 0 Å². The summed E-state index contributed by atoms with van der Waals surface area (Å²) in [5, 5.41) is 0. The predicted octanol–water partition coefficient (Wildman–Crippen LogP) is 7.57. The molecule has 0 amide bonds. The molecule has 3 aliphatic rings. The van der Waals surface area contributed by atoms with Crippen molar-refractivity contribution in [3.05, 3.63) is 118 Å². The molecule has 2 fully saturated rings. The summed E-state index contributed by atoms with van der Waals surface area (Å²) in [4.78, 5) is 0. The van der Waals surface area contributed by atoms with E-state index in [1.165, 1.54) is 50.1 Å². The molecule has 7 rings (SSSR count). The van der Waals surface area contributed by atoms with Crippen LogP contribution in [0, 0.1) is 20.8 Å². The van der Waals surface area contributed by atoms with Crippen LogP contribution in [0.4, 0.5) is 0 Å². The van der Waals surface area contributed by atoms with Gasteiger partial charge in [-0.3, -0.25) is 0 Å². The first kappa shape index (κ1) is 31.4. The van der Waals surface area contributed by atoms with E-state index in [9.17, 15) is 0 Å². The molecule has 4 aromatic rings. The lowest BCUT2D eigenvalue weighted by molar-refractivity contribution is 0.00578. The van der Waals surface area contributed by atoms with Crippen molar-refractivity contribution in [1.82, 2.24) is 0 Å². The SMILES string of the molecule is Cc1cccc(C2(c3cc(C)cc(C)c3)c3cc(B4OC(C)(C)C(C)(C)O4)ccc3-c3ccc(B4OC(C)(C)C(C)(C)O4)cc32)c1. The van der Waals surface area contributed by atoms with Crippen molar-refractivity contribution in [2.45, 2.75) is 104 Å². The second-order valence-corrected chi connectivity index (χ2v) is 15.8. The van der Waals surface area contributed by atoms with E-state index < -0.39 is 42.1 Å². The van der Waals surface area contributed by atoms with Gasteiger partial charge in [0.05, 0.1) is 27.8 Å². The van der Waals surface area contributed by atoms with Gasteiger partial charge in [0.25, 0.3) is 0 Å². The molecular weight excluding hydrogens is 566 g/mol. The monoisotopic (exact) mass is 612 g/mol. The van der Waals surface area contributed by atoms with Crippen LogP contribution < -0.4 is 10.9 Å². The van der Waals surface area contributed by atoms with Crippen molar-refractivity contribution in [2.24, 2.45) is 0 Å². The summed E-state index contributed by atoms with van der Waals surface area (Å²) in [5.74, 6) is 0. The molecule has 0 bridgehead atoms. The van der Waals surface area contributed by atoms with Gasteiger partial charge in [-0.25, -0.2) is 0 Å². The first-order chi connectivity index (χ1) is 21.4. The second-order valence-electron chi connectivity index (χ2n) is 15.8. The summed E-state index contributed by atoms with van der Waals surface area (Å²) in [6.45, 7) is 23.5. The largest absolute Gasteiger partial charge is 0.494 e. The summed E-state index contributed by atoms with van der Waals surface area (Å²) >= 11 is 0. The van der Waals surface area contributed by atoms with E-state index in [1.54, 1.807) is 0 Å². The highest BCUT2D eigenvalue weighted by Crippen LogP contribution is 2.56. The molecule has 46 heavy (non-hydrogen) atoms. The van der Waals surface area contributed by atoms with Crippen LogP contribution >= 0.6 is 0 Å². The van der Waals surface area contributed by atoms with E-state index in [-0.39, 0.29) is 0 Å². The Labute approximate surface area is 276 Å². The Hall–Kier alpha value is -3.15.